The molecule has 80 valence electrons. The van der Waals surface area contributed by atoms with Crippen LogP contribution in [0.3, 0.4) is 0 Å². The highest BCUT2D eigenvalue weighted by molar-refractivity contribution is 6.25. The Bertz CT molecular complexity index is 374. The molecule has 0 amide bonds. The van der Waals surface area contributed by atoms with Gasteiger partial charge in [0.2, 0.25) is 0 Å². The number of aryl methyl sites for hydroxylation is 1. The first-order chi connectivity index (χ1) is 7.31. The van der Waals surface area contributed by atoms with Crippen molar-refractivity contribution < 1.29 is 9.84 Å². The molecule has 1 atom stereocenters. The number of ether oxygens (including phenoxy) is 1. The molecule has 0 radical (unpaired) electrons. The predicted molar refractivity (Wildman–Crippen MR) is 60.2 cm³/mol. The topological polar surface area (TPSA) is 29.5 Å². The molecule has 2 nitrogen and oxygen atoms in total. The molecule has 0 unspecified atom stereocenters. The average molecular weight is 225 g/mol. The maximum absolute atomic E-state index is 9.62. The van der Waals surface area contributed by atoms with Gasteiger partial charge in [-0.3, -0.25) is 0 Å². The third-order valence-electron chi connectivity index (χ3n) is 2.60. The van der Waals surface area contributed by atoms with E-state index in [2.05, 4.69) is 0 Å². The van der Waals surface area contributed by atoms with Crippen molar-refractivity contribution in [3.8, 4) is 5.75 Å². The van der Waals surface area contributed by atoms with Gasteiger partial charge < -0.3 is 9.84 Å². The second-order valence-corrected chi connectivity index (χ2v) is 3.84. The fourth-order valence-electron chi connectivity index (χ4n) is 1.84. The van der Waals surface area contributed by atoms with Gasteiger partial charge >= 0.3 is 0 Å². The van der Waals surface area contributed by atoms with Gasteiger partial charge in [-0.1, -0.05) is 17.7 Å². The predicted octanol–water partition coefficient (Wildman–Crippen LogP) is 2.80. The van der Waals surface area contributed by atoms with Crippen molar-refractivity contribution in [2.45, 2.75) is 18.9 Å². The molecule has 0 spiro atoms. The van der Waals surface area contributed by atoms with Crippen LogP contribution < -0.4 is 4.74 Å². The Kier molecular flexibility index (Phi) is 3.29. The molecular formula is C12H13ClO2. The van der Waals surface area contributed by atoms with E-state index < -0.39 is 0 Å². The number of benzene rings is 1. The van der Waals surface area contributed by atoms with Crippen molar-refractivity contribution >= 4 is 11.6 Å². The van der Waals surface area contributed by atoms with E-state index in [0.29, 0.717) is 6.61 Å². The molecule has 0 bridgehead atoms. The summed E-state index contributed by atoms with van der Waals surface area (Å²) in [6.45, 7) is 0.477. The maximum atomic E-state index is 9.62. The summed E-state index contributed by atoms with van der Waals surface area (Å²) in [6, 6.07) is 5.82. The number of hydrogen-bond donors (Lipinski definition) is 1. The Morgan fingerprint density at radius 3 is 3.20 bits per heavy atom. The average Bonchev–Trinajstić information content (AvgIpc) is 2.61. The molecular weight excluding hydrogens is 212 g/mol. The molecule has 0 saturated heterocycles. The first-order valence-electron chi connectivity index (χ1n) is 5.00. The number of halogens is 1. The van der Waals surface area contributed by atoms with Gasteiger partial charge in [0.25, 0.3) is 0 Å². The van der Waals surface area contributed by atoms with E-state index in [-0.39, 0.29) is 6.10 Å². The van der Waals surface area contributed by atoms with E-state index in [4.69, 9.17) is 16.3 Å². The van der Waals surface area contributed by atoms with Gasteiger partial charge in [0, 0.05) is 5.54 Å². The number of hydrogen-bond acceptors (Lipinski definition) is 2. The van der Waals surface area contributed by atoms with Crippen LogP contribution in [0, 0.1) is 0 Å². The zero-order chi connectivity index (χ0) is 10.7. The highest BCUT2D eigenvalue weighted by Crippen LogP contribution is 2.33. The first kappa shape index (κ1) is 10.5. The smallest absolute Gasteiger partial charge is 0.120 e. The van der Waals surface area contributed by atoms with E-state index in [0.717, 1.165) is 24.2 Å². The number of fused-ring (bicyclic) bond motifs is 1. The Balaban J connectivity index is 2.09. The quantitative estimate of drug-likeness (QED) is 0.856. The standard InChI is InChI=1S/C12H13ClO2/c13-6-1-7-15-10-3-4-11-9(8-10)2-5-12(11)14/h1,3-4,6,8,12,14H,2,5,7H2/b6-1+/t12-/m0/s1. The summed E-state index contributed by atoms with van der Waals surface area (Å²) in [7, 11) is 0. The molecule has 0 aliphatic heterocycles. The summed E-state index contributed by atoms with van der Waals surface area (Å²) >= 11 is 5.39. The molecule has 1 aromatic rings. The lowest BCUT2D eigenvalue weighted by molar-refractivity contribution is 0.180. The Labute approximate surface area is 94.1 Å². The normalized spacial score (nSPS) is 19.5. The fraction of sp³-hybridized carbons (Fsp3) is 0.333. The first-order valence-corrected chi connectivity index (χ1v) is 5.44. The highest BCUT2D eigenvalue weighted by atomic mass is 35.5. The van der Waals surface area contributed by atoms with Crippen LogP contribution in [0.15, 0.2) is 29.8 Å². The molecule has 2 rings (SSSR count). The van der Waals surface area contributed by atoms with Gasteiger partial charge in [-0.15, -0.1) is 0 Å². The Hall–Kier alpha value is -0.990. The van der Waals surface area contributed by atoms with Gasteiger partial charge in [-0.2, -0.15) is 0 Å². The fourth-order valence-corrected chi connectivity index (χ4v) is 1.91. The third kappa shape index (κ3) is 2.33. The van der Waals surface area contributed by atoms with Gasteiger partial charge in [0.1, 0.15) is 12.4 Å². The lowest BCUT2D eigenvalue weighted by Gasteiger charge is -2.07. The number of aliphatic hydroxyl groups is 1. The van der Waals surface area contributed by atoms with Crippen LogP contribution in [0.1, 0.15) is 23.7 Å². The molecule has 0 fully saturated rings. The summed E-state index contributed by atoms with van der Waals surface area (Å²) in [5, 5.41) is 9.62. The van der Waals surface area contributed by atoms with E-state index in [1.165, 1.54) is 11.1 Å². The lowest BCUT2D eigenvalue weighted by Crippen LogP contribution is -1.95. The molecule has 1 aliphatic rings. The monoisotopic (exact) mass is 224 g/mol. The van der Waals surface area contributed by atoms with Crippen LogP contribution in [0.25, 0.3) is 0 Å². The van der Waals surface area contributed by atoms with Crippen molar-refractivity contribution in [2.24, 2.45) is 0 Å². The van der Waals surface area contributed by atoms with Crippen LogP contribution in [-0.4, -0.2) is 11.7 Å². The second-order valence-electron chi connectivity index (χ2n) is 3.59. The Morgan fingerprint density at radius 2 is 2.40 bits per heavy atom. The number of aliphatic hydroxyl groups excluding tert-OH is 1. The Morgan fingerprint density at radius 1 is 1.53 bits per heavy atom. The molecule has 1 aromatic carbocycles. The molecule has 0 saturated carbocycles. The maximum Gasteiger partial charge on any atom is 0.120 e. The van der Waals surface area contributed by atoms with Crippen LogP contribution in [0.5, 0.6) is 5.75 Å². The van der Waals surface area contributed by atoms with Crippen LogP contribution in [0.4, 0.5) is 0 Å². The molecule has 3 heteroatoms. The minimum absolute atomic E-state index is 0.295. The van der Waals surface area contributed by atoms with Crippen molar-refractivity contribution in [3.05, 3.63) is 40.9 Å². The molecule has 1 aliphatic carbocycles. The SMILES string of the molecule is O[C@H]1CCc2cc(OC/C=C/Cl)ccc21. The molecule has 0 aromatic heterocycles. The minimum atomic E-state index is -0.295. The summed E-state index contributed by atoms with van der Waals surface area (Å²) < 4.78 is 5.45. The third-order valence-corrected chi connectivity index (χ3v) is 2.77. The molecule has 0 heterocycles. The minimum Gasteiger partial charge on any atom is -0.489 e. The van der Waals surface area contributed by atoms with Gasteiger partial charge in [0.05, 0.1) is 6.10 Å². The lowest BCUT2D eigenvalue weighted by atomic mass is 10.1. The largest absolute Gasteiger partial charge is 0.489 e. The summed E-state index contributed by atoms with van der Waals surface area (Å²) in [5.41, 5.74) is 3.67. The zero-order valence-electron chi connectivity index (χ0n) is 8.32. The van der Waals surface area contributed by atoms with Gasteiger partial charge in [0.15, 0.2) is 0 Å². The van der Waals surface area contributed by atoms with Crippen LogP contribution >= 0.6 is 11.6 Å². The van der Waals surface area contributed by atoms with E-state index in [9.17, 15) is 5.11 Å². The molecule has 15 heavy (non-hydrogen) atoms. The van der Waals surface area contributed by atoms with Gasteiger partial charge in [-0.25, -0.2) is 0 Å². The summed E-state index contributed by atoms with van der Waals surface area (Å²) in [6.07, 6.45) is 3.19. The van der Waals surface area contributed by atoms with Gasteiger partial charge in [-0.05, 0) is 42.2 Å². The van der Waals surface area contributed by atoms with Crippen LogP contribution in [0.2, 0.25) is 0 Å². The summed E-state index contributed by atoms with van der Waals surface area (Å²) in [5.74, 6) is 0.831. The van der Waals surface area contributed by atoms with Crippen molar-refractivity contribution in [2.75, 3.05) is 6.61 Å². The summed E-state index contributed by atoms with van der Waals surface area (Å²) in [4.78, 5) is 0. The van der Waals surface area contributed by atoms with Crippen LogP contribution in [-0.2, 0) is 6.42 Å². The van der Waals surface area contributed by atoms with Crippen molar-refractivity contribution in [1.82, 2.24) is 0 Å². The number of rotatable bonds is 3. The van der Waals surface area contributed by atoms with E-state index >= 15 is 0 Å². The zero-order valence-corrected chi connectivity index (χ0v) is 9.07. The van der Waals surface area contributed by atoms with Crippen molar-refractivity contribution in [3.63, 3.8) is 0 Å². The van der Waals surface area contributed by atoms with E-state index in [1.54, 1.807) is 6.08 Å². The van der Waals surface area contributed by atoms with Crippen molar-refractivity contribution in [1.29, 1.82) is 0 Å². The van der Waals surface area contributed by atoms with E-state index in [1.807, 2.05) is 18.2 Å². The second kappa shape index (κ2) is 4.69. The molecule has 1 N–H and O–H groups in total. The highest BCUT2D eigenvalue weighted by Gasteiger charge is 2.20.